The van der Waals surface area contributed by atoms with Crippen molar-refractivity contribution in [2.24, 2.45) is 5.92 Å². The van der Waals surface area contributed by atoms with Crippen LogP contribution in [-0.2, 0) is 4.79 Å². The van der Waals surface area contributed by atoms with Gasteiger partial charge in [-0.3, -0.25) is 14.9 Å². The number of pyridine rings is 2. The van der Waals surface area contributed by atoms with Gasteiger partial charge in [-0.15, -0.1) is 0 Å². The topological polar surface area (TPSA) is 99.4 Å². The first kappa shape index (κ1) is 24.5. The number of hydrogen-bond donors (Lipinski definition) is 3. The lowest BCUT2D eigenvalue weighted by Gasteiger charge is -2.08. The van der Waals surface area contributed by atoms with Gasteiger partial charge in [0.2, 0.25) is 5.91 Å². The highest BCUT2D eigenvalue weighted by atomic mass is 19.1. The smallest absolute Gasteiger partial charge is 0.224 e. The minimum Gasteiger partial charge on any atom is -0.353 e. The number of hydrogen-bond acceptors (Lipinski definition) is 4. The Bertz CT molecular complexity index is 1830. The SMILES string of the molecule is Cc1cc(F)cc(-c2cccc3[nH]c(-c4n[nH]c5ccc(-c6cncc(NC(=O)CC(C)C)c6)nc45)cc23)c1. The molecule has 39 heavy (non-hydrogen) atoms. The van der Waals surface area contributed by atoms with Crippen molar-refractivity contribution in [3.8, 4) is 33.8 Å². The molecule has 0 unspecified atom stereocenters. The van der Waals surface area contributed by atoms with E-state index in [0.29, 0.717) is 29.0 Å². The van der Waals surface area contributed by atoms with Crippen LogP contribution < -0.4 is 5.32 Å². The molecule has 0 fully saturated rings. The number of fused-ring (bicyclic) bond motifs is 2. The highest BCUT2D eigenvalue weighted by Crippen LogP contribution is 2.35. The normalized spacial score (nSPS) is 11.5. The van der Waals surface area contributed by atoms with E-state index >= 15 is 0 Å². The maximum atomic E-state index is 14.2. The Kier molecular flexibility index (Phi) is 6.15. The number of nitrogens with zero attached hydrogens (tertiary/aromatic N) is 3. The maximum absolute atomic E-state index is 14.2. The first-order valence-corrected chi connectivity index (χ1v) is 12.8. The van der Waals surface area contributed by atoms with Crippen molar-refractivity contribution < 1.29 is 9.18 Å². The molecular weight excluding hydrogens is 491 g/mol. The molecule has 0 radical (unpaired) electrons. The van der Waals surface area contributed by atoms with E-state index in [1.165, 1.54) is 6.07 Å². The molecule has 7 nitrogen and oxygen atoms in total. The molecule has 1 amide bonds. The standard InChI is InChI=1S/C31H27FN6O/c1-17(2)9-29(39)34-22-13-20(15-33-16-22)25-7-8-27-30(36-25)31(38-37-27)28-14-24-23(5-4-6-26(24)35-28)19-10-18(3)11-21(32)12-19/h4-8,10-17,35H,9H2,1-3H3,(H,34,39)(H,37,38). The number of aromatic amines is 2. The molecule has 0 aliphatic heterocycles. The van der Waals surface area contributed by atoms with Crippen molar-refractivity contribution in [2.75, 3.05) is 5.32 Å². The lowest BCUT2D eigenvalue weighted by Crippen LogP contribution is -2.13. The van der Waals surface area contributed by atoms with Crippen LogP contribution in [0.3, 0.4) is 0 Å². The summed E-state index contributed by atoms with van der Waals surface area (Å²) in [6.45, 7) is 5.90. The van der Waals surface area contributed by atoms with E-state index in [1.807, 2.05) is 69.3 Å². The van der Waals surface area contributed by atoms with E-state index in [9.17, 15) is 9.18 Å². The Balaban J connectivity index is 1.39. The second-order valence-corrected chi connectivity index (χ2v) is 10.2. The minimum atomic E-state index is -0.258. The molecule has 0 bridgehead atoms. The first-order valence-electron chi connectivity index (χ1n) is 12.8. The third kappa shape index (κ3) is 4.88. The van der Waals surface area contributed by atoms with Gasteiger partial charge in [0.15, 0.2) is 0 Å². The summed E-state index contributed by atoms with van der Waals surface area (Å²) in [5.74, 6) is -0.0367. The van der Waals surface area contributed by atoms with Crippen LogP contribution >= 0.6 is 0 Å². The van der Waals surface area contributed by atoms with Gasteiger partial charge in [-0.25, -0.2) is 9.37 Å². The largest absolute Gasteiger partial charge is 0.353 e. The molecule has 4 aromatic heterocycles. The van der Waals surface area contributed by atoms with Gasteiger partial charge in [-0.05, 0) is 72.0 Å². The third-order valence-corrected chi connectivity index (χ3v) is 6.59. The van der Waals surface area contributed by atoms with E-state index in [4.69, 9.17) is 4.98 Å². The van der Waals surface area contributed by atoms with Crippen LogP contribution in [0, 0.1) is 18.7 Å². The average Bonchev–Trinajstić information content (AvgIpc) is 3.51. The quantitative estimate of drug-likeness (QED) is 0.216. The van der Waals surface area contributed by atoms with Crippen LogP contribution in [0.1, 0.15) is 25.8 Å². The number of aromatic nitrogens is 5. The molecule has 2 aromatic carbocycles. The summed E-state index contributed by atoms with van der Waals surface area (Å²) in [6.07, 6.45) is 3.80. The number of anilines is 1. The molecule has 0 atom stereocenters. The molecule has 4 heterocycles. The Morgan fingerprint density at radius 2 is 1.87 bits per heavy atom. The number of halogens is 1. The number of aryl methyl sites for hydroxylation is 1. The summed E-state index contributed by atoms with van der Waals surface area (Å²) in [4.78, 5) is 24.9. The molecule has 0 spiro atoms. The van der Waals surface area contributed by atoms with Crippen LogP contribution in [0.25, 0.3) is 55.7 Å². The van der Waals surface area contributed by atoms with Gasteiger partial charge in [0, 0.05) is 29.1 Å². The Morgan fingerprint density at radius 1 is 1.00 bits per heavy atom. The molecule has 0 saturated heterocycles. The number of carbonyl (C=O) groups is 1. The van der Waals surface area contributed by atoms with Gasteiger partial charge >= 0.3 is 0 Å². The van der Waals surface area contributed by atoms with Crippen molar-refractivity contribution in [1.29, 1.82) is 0 Å². The van der Waals surface area contributed by atoms with Gasteiger partial charge in [-0.2, -0.15) is 5.10 Å². The number of rotatable bonds is 6. The van der Waals surface area contributed by atoms with Gasteiger partial charge < -0.3 is 10.3 Å². The zero-order valence-electron chi connectivity index (χ0n) is 21.8. The monoisotopic (exact) mass is 518 g/mol. The van der Waals surface area contributed by atoms with Crippen molar-refractivity contribution in [3.63, 3.8) is 0 Å². The molecule has 194 valence electrons. The summed E-state index contributed by atoms with van der Waals surface area (Å²) in [5, 5.41) is 11.5. The summed E-state index contributed by atoms with van der Waals surface area (Å²) in [6, 6.07) is 18.7. The lowest BCUT2D eigenvalue weighted by atomic mass is 10.00. The Morgan fingerprint density at radius 3 is 2.69 bits per heavy atom. The fourth-order valence-corrected chi connectivity index (χ4v) is 4.91. The van der Waals surface area contributed by atoms with E-state index in [0.717, 1.165) is 44.4 Å². The zero-order valence-corrected chi connectivity index (χ0v) is 21.8. The van der Waals surface area contributed by atoms with Crippen LogP contribution in [0.4, 0.5) is 10.1 Å². The zero-order chi connectivity index (χ0) is 27.1. The van der Waals surface area contributed by atoms with Gasteiger partial charge in [0.25, 0.3) is 0 Å². The first-order chi connectivity index (χ1) is 18.8. The molecule has 6 rings (SSSR count). The minimum absolute atomic E-state index is 0.0453. The lowest BCUT2D eigenvalue weighted by molar-refractivity contribution is -0.116. The van der Waals surface area contributed by atoms with E-state index < -0.39 is 0 Å². The maximum Gasteiger partial charge on any atom is 0.224 e. The molecule has 3 N–H and O–H groups in total. The summed E-state index contributed by atoms with van der Waals surface area (Å²) >= 11 is 0. The summed E-state index contributed by atoms with van der Waals surface area (Å²) in [7, 11) is 0. The number of nitrogens with one attached hydrogen (secondary N) is 3. The third-order valence-electron chi connectivity index (χ3n) is 6.59. The summed E-state index contributed by atoms with van der Waals surface area (Å²) in [5.41, 5.74) is 8.65. The van der Waals surface area contributed by atoms with E-state index in [1.54, 1.807) is 18.5 Å². The van der Waals surface area contributed by atoms with Gasteiger partial charge in [0.1, 0.15) is 17.0 Å². The number of benzene rings is 2. The second kappa shape index (κ2) is 9.79. The highest BCUT2D eigenvalue weighted by molar-refractivity contribution is 6.00. The molecular formula is C31H27FN6O. The number of H-pyrrole nitrogens is 2. The molecule has 8 heteroatoms. The molecule has 0 aliphatic rings. The Labute approximate surface area is 224 Å². The molecule has 0 aliphatic carbocycles. The second-order valence-electron chi connectivity index (χ2n) is 10.2. The van der Waals surface area contributed by atoms with Crippen LogP contribution in [0.15, 0.2) is 73.1 Å². The number of carbonyl (C=O) groups excluding carboxylic acids is 1. The predicted molar refractivity (Wildman–Crippen MR) is 153 cm³/mol. The molecule has 0 saturated carbocycles. The average molecular weight is 519 g/mol. The van der Waals surface area contributed by atoms with Crippen molar-refractivity contribution in [2.45, 2.75) is 27.2 Å². The fraction of sp³-hybridized carbons (Fsp3) is 0.161. The Hall–Kier alpha value is -4.85. The fourth-order valence-electron chi connectivity index (χ4n) is 4.91. The van der Waals surface area contributed by atoms with Gasteiger partial charge in [0.05, 0.1) is 28.8 Å². The number of amides is 1. The summed E-state index contributed by atoms with van der Waals surface area (Å²) < 4.78 is 14.2. The van der Waals surface area contributed by atoms with Crippen LogP contribution in [0.2, 0.25) is 0 Å². The van der Waals surface area contributed by atoms with Crippen molar-refractivity contribution in [1.82, 2.24) is 25.1 Å². The van der Waals surface area contributed by atoms with Crippen molar-refractivity contribution in [3.05, 3.63) is 84.4 Å². The van der Waals surface area contributed by atoms with Crippen molar-refractivity contribution >= 4 is 33.5 Å². The van der Waals surface area contributed by atoms with E-state index in [-0.39, 0.29) is 17.6 Å². The molecule has 6 aromatic rings. The van der Waals surface area contributed by atoms with E-state index in [2.05, 4.69) is 25.5 Å². The van der Waals surface area contributed by atoms with Crippen LogP contribution in [-0.4, -0.2) is 31.1 Å². The highest BCUT2D eigenvalue weighted by Gasteiger charge is 2.16. The van der Waals surface area contributed by atoms with Crippen LogP contribution in [0.5, 0.6) is 0 Å². The van der Waals surface area contributed by atoms with Gasteiger partial charge in [-0.1, -0.05) is 32.0 Å². The predicted octanol–water partition coefficient (Wildman–Crippen LogP) is 7.27.